The van der Waals surface area contributed by atoms with Gasteiger partial charge in [0.05, 0.1) is 0 Å². The SMILES string of the molecule is Cc1cc(-c2cccc(-c3cccc(-c4cc(C)cc(-c5ccc6c7ccccc7c7ccccc7c6c5)c4)c3)c2)cc(-c2ccc3c4ccccc4c4ccccc4c3c2)c1. The van der Waals surface area contributed by atoms with Crippen LogP contribution in [0.5, 0.6) is 0 Å². The lowest BCUT2D eigenvalue weighted by atomic mass is 9.90. The Morgan fingerprint density at radius 3 is 0.694 bits per heavy atom. The van der Waals surface area contributed by atoms with Crippen LogP contribution in [0, 0.1) is 13.8 Å². The van der Waals surface area contributed by atoms with Crippen LogP contribution in [0.3, 0.4) is 0 Å². The van der Waals surface area contributed by atoms with Gasteiger partial charge in [0.1, 0.15) is 0 Å². The maximum absolute atomic E-state index is 2.39. The number of hydrogen-bond donors (Lipinski definition) is 0. The van der Waals surface area contributed by atoms with Gasteiger partial charge in [-0.2, -0.15) is 0 Å². The van der Waals surface area contributed by atoms with Crippen molar-refractivity contribution in [1.29, 1.82) is 0 Å². The van der Waals surface area contributed by atoms with Crippen LogP contribution in [0.25, 0.3) is 120 Å². The minimum atomic E-state index is 1.21. The summed E-state index contributed by atoms with van der Waals surface area (Å²) in [6.07, 6.45) is 0. The molecular weight excluding hydrogens is 745 g/mol. The van der Waals surface area contributed by atoms with E-state index in [1.807, 2.05) is 0 Å². The molecule has 62 heavy (non-hydrogen) atoms. The minimum Gasteiger partial charge on any atom is -0.0616 e. The molecule has 0 heteroatoms. The molecule has 0 radical (unpaired) electrons. The van der Waals surface area contributed by atoms with Gasteiger partial charge in [0.15, 0.2) is 0 Å². The Hall–Kier alpha value is -7.80. The molecule has 0 N–H and O–H groups in total. The lowest BCUT2D eigenvalue weighted by molar-refractivity contribution is 1.46. The first kappa shape index (κ1) is 36.1. The van der Waals surface area contributed by atoms with Crippen molar-refractivity contribution in [1.82, 2.24) is 0 Å². The Bertz CT molecular complexity index is 3450. The average molecular weight is 787 g/mol. The van der Waals surface area contributed by atoms with Crippen molar-refractivity contribution in [3.63, 3.8) is 0 Å². The van der Waals surface area contributed by atoms with Gasteiger partial charge in [-0.25, -0.2) is 0 Å². The van der Waals surface area contributed by atoms with Crippen molar-refractivity contribution in [3.05, 3.63) is 230 Å². The largest absolute Gasteiger partial charge is 0.0616 e. The Labute approximate surface area is 362 Å². The van der Waals surface area contributed by atoms with Gasteiger partial charge in [-0.1, -0.05) is 182 Å². The highest BCUT2D eigenvalue weighted by atomic mass is 14.2. The van der Waals surface area contributed by atoms with Crippen LogP contribution in [0.2, 0.25) is 0 Å². The van der Waals surface area contributed by atoms with E-state index in [1.54, 1.807) is 0 Å². The van der Waals surface area contributed by atoms with Crippen LogP contribution >= 0.6 is 0 Å². The topological polar surface area (TPSA) is 0 Å². The highest BCUT2D eigenvalue weighted by Crippen LogP contribution is 2.41. The summed E-state index contributed by atoms with van der Waals surface area (Å²) >= 11 is 0. The third-order valence-corrected chi connectivity index (χ3v) is 13.0. The Balaban J connectivity index is 0.900. The molecule has 12 aromatic rings. The van der Waals surface area contributed by atoms with Crippen LogP contribution in [-0.4, -0.2) is 0 Å². The summed E-state index contributed by atoms with van der Waals surface area (Å²) < 4.78 is 0. The van der Waals surface area contributed by atoms with Gasteiger partial charge in [0, 0.05) is 0 Å². The quantitative estimate of drug-likeness (QED) is 0.152. The molecule has 0 heterocycles. The smallest absolute Gasteiger partial charge is 0.00928 e. The summed E-state index contributed by atoms with van der Waals surface area (Å²) in [5.74, 6) is 0. The molecule has 0 saturated carbocycles. The lowest BCUT2D eigenvalue weighted by Gasteiger charge is -2.14. The van der Waals surface area contributed by atoms with E-state index >= 15 is 0 Å². The fraction of sp³-hybridized carbons (Fsp3) is 0.0323. The van der Waals surface area contributed by atoms with Crippen LogP contribution < -0.4 is 0 Å². The maximum Gasteiger partial charge on any atom is -0.00928 e. The van der Waals surface area contributed by atoms with E-state index in [4.69, 9.17) is 0 Å². The molecule has 0 nitrogen and oxygen atoms in total. The summed E-state index contributed by atoms with van der Waals surface area (Å²) in [5, 5.41) is 15.6. The Kier molecular flexibility index (Phi) is 8.40. The van der Waals surface area contributed by atoms with Gasteiger partial charge < -0.3 is 0 Å². The molecule has 0 aliphatic heterocycles. The van der Waals surface area contributed by atoms with Crippen LogP contribution in [0.1, 0.15) is 11.1 Å². The first-order valence-corrected chi connectivity index (χ1v) is 21.6. The van der Waals surface area contributed by atoms with Crippen molar-refractivity contribution in [2.75, 3.05) is 0 Å². The lowest BCUT2D eigenvalue weighted by Crippen LogP contribution is -1.88. The van der Waals surface area contributed by atoms with Crippen molar-refractivity contribution in [2.24, 2.45) is 0 Å². The molecular formula is C62H42. The first-order valence-electron chi connectivity index (χ1n) is 21.6. The second-order valence-corrected chi connectivity index (χ2v) is 17.0. The van der Waals surface area contributed by atoms with Crippen molar-refractivity contribution in [3.8, 4) is 55.6 Å². The van der Waals surface area contributed by atoms with Gasteiger partial charge in [-0.15, -0.1) is 0 Å². The Morgan fingerprint density at radius 1 is 0.161 bits per heavy atom. The third-order valence-electron chi connectivity index (χ3n) is 13.0. The zero-order chi connectivity index (χ0) is 41.3. The highest BCUT2D eigenvalue weighted by molar-refractivity contribution is 6.27. The van der Waals surface area contributed by atoms with Gasteiger partial charge in [-0.05, 0) is 182 Å². The standard InChI is InChI=1S/C62H42/c1-39-29-47(35-49(31-39)45-25-27-59-55-21-5-3-17-51(55)53-19-7-9-23-57(53)61(59)37-45)43-15-11-13-41(33-43)42-14-12-16-44(34-42)48-30-40(2)32-50(36-48)46-26-28-60-56-22-6-4-18-52(56)54-20-8-10-24-58(54)62(60)38-46/h3-38H,1-2H3. The third kappa shape index (κ3) is 6.07. The van der Waals surface area contributed by atoms with E-state index < -0.39 is 0 Å². The molecule has 0 amide bonds. The van der Waals surface area contributed by atoms with Crippen LogP contribution in [0.4, 0.5) is 0 Å². The van der Waals surface area contributed by atoms with E-state index in [-0.39, 0.29) is 0 Å². The second kappa shape index (κ2) is 14.4. The molecule has 0 unspecified atom stereocenters. The summed E-state index contributed by atoms with van der Waals surface area (Å²) in [4.78, 5) is 0. The van der Waals surface area contributed by atoms with Gasteiger partial charge >= 0.3 is 0 Å². The van der Waals surface area contributed by atoms with Crippen LogP contribution in [0.15, 0.2) is 218 Å². The van der Waals surface area contributed by atoms with E-state index in [1.165, 1.54) is 131 Å². The summed E-state index contributed by atoms with van der Waals surface area (Å²) in [6.45, 7) is 4.42. The number of aryl methyl sites for hydroxylation is 2. The monoisotopic (exact) mass is 786 g/mol. The molecule has 0 spiro atoms. The second-order valence-electron chi connectivity index (χ2n) is 17.0. The van der Waals surface area contributed by atoms with E-state index in [0.29, 0.717) is 0 Å². The van der Waals surface area contributed by atoms with E-state index in [0.717, 1.165) is 0 Å². The molecule has 12 aromatic carbocycles. The van der Waals surface area contributed by atoms with Gasteiger partial charge in [-0.3, -0.25) is 0 Å². The molecule has 0 saturated heterocycles. The first-order chi connectivity index (χ1) is 30.5. The number of rotatable bonds is 5. The van der Waals surface area contributed by atoms with Crippen molar-refractivity contribution >= 4 is 64.6 Å². The zero-order valence-electron chi connectivity index (χ0n) is 34.8. The summed E-state index contributed by atoms with van der Waals surface area (Å²) in [6, 6.07) is 81.3. The fourth-order valence-corrected chi connectivity index (χ4v) is 10.2. The average Bonchev–Trinajstić information content (AvgIpc) is 3.33. The molecule has 290 valence electrons. The predicted molar refractivity (Wildman–Crippen MR) is 268 cm³/mol. The molecule has 12 rings (SSSR count). The van der Waals surface area contributed by atoms with Crippen molar-refractivity contribution < 1.29 is 0 Å². The van der Waals surface area contributed by atoms with E-state index in [2.05, 4.69) is 232 Å². The number of fused-ring (bicyclic) bond motifs is 12. The van der Waals surface area contributed by atoms with E-state index in [9.17, 15) is 0 Å². The molecule has 0 atom stereocenters. The molecule has 0 bridgehead atoms. The highest BCUT2D eigenvalue weighted by Gasteiger charge is 2.14. The molecule has 0 fully saturated rings. The summed E-state index contributed by atoms with van der Waals surface area (Å²) in [7, 11) is 0. The van der Waals surface area contributed by atoms with Gasteiger partial charge in [0.25, 0.3) is 0 Å². The van der Waals surface area contributed by atoms with Crippen LogP contribution in [-0.2, 0) is 0 Å². The van der Waals surface area contributed by atoms with Crippen molar-refractivity contribution in [2.45, 2.75) is 13.8 Å². The molecule has 0 aromatic heterocycles. The Morgan fingerprint density at radius 2 is 0.387 bits per heavy atom. The molecule has 0 aliphatic rings. The summed E-state index contributed by atoms with van der Waals surface area (Å²) in [5.41, 5.74) is 14.7. The number of hydrogen-bond acceptors (Lipinski definition) is 0. The predicted octanol–water partition coefficient (Wildman–Crippen LogP) is 17.6. The van der Waals surface area contributed by atoms with Gasteiger partial charge in [0.2, 0.25) is 0 Å². The fourth-order valence-electron chi connectivity index (χ4n) is 10.2. The maximum atomic E-state index is 2.39. The number of benzene rings is 12. The minimum absolute atomic E-state index is 1.21. The zero-order valence-corrected chi connectivity index (χ0v) is 34.8. The molecule has 0 aliphatic carbocycles. The normalized spacial score (nSPS) is 11.7.